The monoisotopic (exact) mass is 371 g/mol. The predicted octanol–water partition coefficient (Wildman–Crippen LogP) is 2.73. The van der Waals surface area contributed by atoms with Gasteiger partial charge in [-0.1, -0.05) is 22.4 Å². The molecule has 0 radical (unpaired) electrons. The summed E-state index contributed by atoms with van der Waals surface area (Å²) in [7, 11) is -3.79. The molecule has 21 heavy (non-hydrogen) atoms. The van der Waals surface area contributed by atoms with Crippen molar-refractivity contribution in [3.8, 4) is 0 Å². The van der Waals surface area contributed by atoms with Gasteiger partial charge in [0.25, 0.3) is 0 Å². The maximum absolute atomic E-state index is 12.6. The zero-order chi connectivity index (χ0) is 15.0. The average molecular weight is 372 g/mol. The molecule has 1 aliphatic heterocycles. The van der Waals surface area contributed by atoms with Crippen molar-refractivity contribution in [3.63, 3.8) is 0 Å². The fourth-order valence-electron chi connectivity index (χ4n) is 2.50. The van der Waals surface area contributed by atoms with E-state index in [4.69, 9.17) is 4.42 Å². The molecule has 112 valence electrons. The summed E-state index contributed by atoms with van der Waals surface area (Å²) in [5, 5.41) is 0.583. The summed E-state index contributed by atoms with van der Waals surface area (Å²) in [6, 6.07) is 6.51. The molecule has 7 heteroatoms. The summed E-state index contributed by atoms with van der Waals surface area (Å²) in [6.45, 7) is 0.913. The van der Waals surface area contributed by atoms with E-state index < -0.39 is 15.6 Å². The van der Waals surface area contributed by atoms with Crippen LogP contribution in [0.1, 0.15) is 19.3 Å². The lowest BCUT2D eigenvalue weighted by Gasteiger charge is -2.25. The van der Waals surface area contributed by atoms with Gasteiger partial charge in [0, 0.05) is 22.9 Å². The number of nitrogens with zero attached hydrogens (tertiary/aromatic N) is 1. The molecule has 1 saturated heterocycles. The van der Waals surface area contributed by atoms with Crippen LogP contribution in [0.25, 0.3) is 11.0 Å². The Labute approximate surface area is 130 Å². The summed E-state index contributed by atoms with van der Waals surface area (Å²) in [5.74, 6) is 0. The molecule has 0 bridgehead atoms. The van der Waals surface area contributed by atoms with Gasteiger partial charge in [-0.2, -0.15) is 4.31 Å². The molecular weight excluding hydrogens is 358 g/mol. The minimum atomic E-state index is -3.79. The Morgan fingerprint density at radius 3 is 2.52 bits per heavy atom. The van der Waals surface area contributed by atoms with Crippen LogP contribution in [-0.4, -0.2) is 25.8 Å². The largest absolute Gasteiger partial charge is 0.422 e. The molecule has 3 rings (SSSR count). The Balaban J connectivity index is 2.14. The molecule has 0 saturated carbocycles. The van der Waals surface area contributed by atoms with E-state index in [1.165, 1.54) is 10.4 Å². The first kappa shape index (κ1) is 14.7. The van der Waals surface area contributed by atoms with Gasteiger partial charge in [-0.05, 0) is 37.1 Å². The van der Waals surface area contributed by atoms with Gasteiger partial charge >= 0.3 is 5.63 Å². The van der Waals surface area contributed by atoms with Gasteiger partial charge in [-0.15, -0.1) is 0 Å². The smallest absolute Gasteiger partial charge is 0.356 e. The molecule has 0 spiro atoms. The van der Waals surface area contributed by atoms with Crippen LogP contribution in [0.15, 0.2) is 42.8 Å². The van der Waals surface area contributed by atoms with Crippen molar-refractivity contribution in [3.05, 3.63) is 39.2 Å². The third kappa shape index (κ3) is 2.77. The van der Waals surface area contributed by atoms with Gasteiger partial charge in [0.05, 0.1) is 0 Å². The van der Waals surface area contributed by atoms with E-state index in [0.717, 1.165) is 23.7 Å². The van der Waals surface area contributed by atoms with Crippen LogP contribution >= 0.6 is 15.9 Å². The summed E-state index contributed by atoms with van der Waals surface area (Å²) >= 11 is 3.32. The first-order valence-electron chi connectivity index (χ1n) is 6.72. The van der Waals surface area contributed by atoms with Crippen LogP contribution in [0.5, 0.6) is 0 Å². The molecule has 0 amide bonds. The number of sulfonamides is 1. The molecule has 1 aliphatic rings. The number of rotatable bonds is 2. The van der Waals surface area contributed by atoms with Crippen LogP contribution in [0.2, 0.25) is 0 Å². The third-order valence-corrected chi connectivity index (χ3v) is 5.97. The topological polar surface area (TPSA) is 67.6 Å². The number of fused-ring (bicyclic) bond motifs is 1. The molecule has 2 heterocycles. The van der Waals surface area contributed by atoms with Crippen molar-refractivity contribution in [2.24, 2.45) is 0 Å². The van der Waals surface area contributed by atoms with Gasteiger partial charge in [0.1, 0.15) is 5.58 Å². The van der Waals surface area contributed by atoms with E-state index in [9.17, 15) is 13.2 Å². The average Bonchev–Trinajstić information content (AvgIpc) is 2.48. The van der Waals surface area contributed by atoms with Crippen molar-refractivity contribution >= 4 is 36.9 Å². The summed E-state index contributed by atoms with van der Waals surface area (Å²) in [4.78, 5) is 11.7. The molecule has 0 unspecified atom stereocenters. The van der Waals surface area contributed by atoms with Crippen LogP contribution in [0.4, 0.5) is 0 Å². The second kappa shape index (κ2) is 5.55. The number of halogens is 1. The predicted molar refractivity (Wildman–Crippen MR) is 82.8 cm³/mol. The van der Waals surface area contributed by atoms with Crippen molar-refractivity contribution in [2.75, 3.05) is 13.1 Å². The molecule has 1 aromatic heterocycles. The molecule has 0 atom stereocenters. The van der Waals surface area contributed by atoms with Crippen LogP contribution in [-0.2, 0) is 10.0 Å². The van der Waals surface area contributed by atoms with Crippen LogP contribution in [0.3, 0.4) is 0 Å². The highest BCUT2D eigenvalue weighted by molar-refractivity contribution is 9.10. The number of benzene rings is 1. The summed E-state index contributed by atoms with van der Waals surface area (Å²) in [6.07, 6.45) is 2.67. The van der Waals surface area contributed by atoms with Crippen LogP contribution < -0.4 is 5.63 Å². The molecule has 1 aromatic carbocycles. The van der Waals surface area contributed by atoms with Gasteiger partial charge in [-0.3, -0.25) is 0 Å². The second-order valence-electron chi connectivity index (χ2n) is 5.05. The lowest BCUT2D eigenvalue weighted by Crippen LogP contribution is -2.37. The molecule has 0 N–H and O–H groups in total. The highest BCUT2D eigenvalue weighted by atomic mass is 79.9. The van der Waals surface area contributed by atoms with Gasteiger partial charge < -0.3 is 4.42 Å². The highest BCUT2D eigenvalue weighted by Crippen LogP contribution is 2.23. The SMILES string of the molecule is O=c1oc2ccc(Br)cc2cc1S(=O)(=O)N1CCCCC1. The molecule has 2 aromatic rings. The standard InChI is InChI=1S/C14H14BrNO4S/c15-11-4-5-12-10(8-11)9-13(14(17)20-12)21(18,19)16-6-2-1-3-7-16/h4-5,8-9H,1-3,6-7H2. The zero-order valence-corrected chi connectivity index (χ0v) is 13.6. The van der Waals surface area contributed by atoms with Crippen LogP contribution in [0, 0.1) is 0 Å². The minimum Gasteiger partial charge on any atom is -0.422 e. The molecular formula is C14H14BrNO4S. The lowest BCUT2D eigenvalue weighted by atomic mass is 10.2. The fourth-order valence-corrected chi connectivity index (χ4v) is 4.42. The fraction of sp³-hybridized carbons (Fsp3) is 0.357. The zero-order valence-electron chi connectivity index (χ0n) is 11.2. The third-order valence-electron chi connectivity index (χ3n) is 3.60. The van der Waals surface area contributed by atoms with Gasteiger partial charge in [0.15, 0.2) is 4.90 Å². The Morgan fingerprint density at radius 2 is 1.81 bits per heavy atom. The summed E-state index contributed by atoms with van der Waals surface area (Å²) < 4.78 is 32.5. The Bertz CT molecular complexity index is 838. The van der Waals surface area contributed by atoms with E-state index in [1.54, 1.807) is 18.2 Å². The molecule has 1 fully saturated rings. The quantitative estimate of drug-likeness (QED) is 0.761. The minimum absolute atomic E-state index is 0.282. The number of hydrogen-bond donors (Lipinski definition) is 0. The maximum atomic E-state index is 12.6. The van der Waals surface area contributed by atoms with Crippen molar-refractivity contribution in [1.82, 2.24) is 4.31 Å². The van der Waals surface area contributed by atoms with E-state index in [0.29, 0.717) is 24.1 Å². The number of hydrogen-bond acceptors (Lipinski definition) is 4. The number of piperidine rings is 1. The second-order valence-corrected chi connectivity index (χ2v) is 7.87. The van der Waals surface area contributed by atoms with E-state index in [1.807, 2.05) is 0 Å². The van der Waals surface area contributed by atoms with E-state index in [2.05, 4.69) is 15.9 Å². The van der Waals surface area contributed by atoms with Crippen molar-refractivity contribution in [1.29, 1.82) is 0 Å². The Hall–Kier alpha value is -1.18. The Morgan fingerprint density at radius 1 is 1.10 bits per heavy atom. The first-order valence-corrected chi connectivity index (χ1v) is 8.95. The molecule has 5 nitrogen and oxygen atoms in total. The van der Waals surface area contributed by atoms with Gasteiger partial charge in [-0.25, -0.2) is 13.2 Å². The van der Waals surface area contributed by atoms with Crippen molar-refractivity contribution in [2.45, 2.75) is 24.2 Å². The summed E-state index contributed by atoms with van der Waals surface area (Å²) in [5.41, 5.74) is -0.434. The highest BCUT2D eigenvalue weighted by Gasteiger charge is 2.29. The maximum Gasteiger partial charge on any atom is 0.356 e. The Kier molecular flexibility index (Phi) is 3.90. The first-order chi connectivity index (χ1) is 9.98. The van der Waals surface area contributed by atoms with Crippen molar-refractivity contribution < 1.29 is 12.8 Å². The normalized spacial score (nSPS) is 17.2. The van der Waals surface area contributed by atoms with E-state index >= 15 is 0 Å². The lowest BCUT2D eigenvalue weighted by molar-refractivity contribution is 0.345. The molecule has 0 aliphatic carbocycles. The van der Waals surface area contributed by atoms with E-state index in [-0.39, 0.29) is 4.90 Å². The van der Waals surface area contributed by atoms with Gasteiger partial charge in [0.2, 0.25) is 10.0 Å².